The second-order valence-electron chi connectivity index (χ2n) is 8.96. The summed E-state index contributed by atoms with van der Waals surface area (Å²) in [5.41, 5.74) is 5.67. The normalized spacial score (nSPS) is 11.2. The van der Waals surface area contributed by atoms with Crippen LogP contribution in [0.3, 0.4) is 0 Å². The van der Waals surface area contributed by atoms with Crippen LogP contribution < -0.4 is 4.74 Å². The van der Waals surface area contributed by atoms with Crippen LogP contribution in [-0.4, -0.2) is 45.6 Å². The number of carboxylic acids is 1. The number of carbonyl (C=O) groups is 2. The van der Waals surface area contributed by atoms with E-state index in [-0.39, 0.29) is 19.4 Å². The first kappa shape index (κ1) is 27.2. The molecular weight excluding hydrogens is 510 g/mol. The molecule has 0 atom stereocenters. The molecule has 0 bridgehead atoms. The molecule has 4 rings (SSSR count). The minimum absolute atomic E-state index is 0.128. The van der Waals surface area contributed by atoms with Gasteiger partial charge in [-0.2, -0.15) is 5.10 Å². The van der Waals surface area contributed by atoms with E-state index in [1.54, 1.807) is 29.5 Å². The van der Waals surface area contributed by atoms with Gasteiger partial charge in [0.1, 0.15) is 11.4 Å². The van der Waals surface area contributed by atoms with Crippen LogP contribution in [0.1, 0.15) is 39.4 Å². The van der Waals surface area contributed by atoms with E-state index in [1.807, 2.05) is 44.3 Å². The number of nitrogens with zero attached hydrogens (tertiary/aromatic N) is 3. The average Bonchev–Trinajstić information content (AvgIpc) is 3.34. The smallest absolute Gasteiger partial charge is 0.354 e. The third-order valence-electron chi connectivity index (χ3n) is 6.70. The minimum atomic E-state index is -0.952. The summed E-state index contributed by atoms with van der Waals surface area (Å²) in [5.74, 6) is -0.723. The van der Waals surface area contributed by atoms with Crippen molar-refractivity contribution in [3.63, 3.8) is 0 Å². The van der Waals surface area contributed by atoms with Gasteiger partial charge in [0, 0.05) is 42.7 Å². The Bertz CT molecular complexity index is 1500. The van der Waals surface area contributed by atoms with Crippen molar-refractivity contribution in [1.29, 1.82) is 0 Å². The van der Waals surface area contributed by atoms with E-state index in [1.165, 1.54) is 7.11 Å². The number of carbonyl (C=O) groups excluding carboxylic acids is 1. The monoisotopic (exact) mass is 539 g/mol. The molecule has 2 aromatic heterocycles. The molecule has 0 saturated carbocycles. The Morgan fingerprint density at radius 3 is 2.37 bits per heavy atom. The summed E-state index contributed by atoms with van der Waals surface area (Å²) in [6.45, 7) is 2.56. The molecule has 0 radical (unpaired) electrons. The maximum absolute atomic E-state index is 12.8. The van der Waals surface area contributed by atoms with Crippen LogP contribution in [0.25, 0.3) is 22.0 Å². The van der Waals surface area contributed by atoms with E-state index in [0.29, 0.717) is 39.7 Å². The lowest BCUT2D eigenvalue weighted by molar-refractivity contribution is -0.136. The fraction of sp³-hybridized carbons (Fsp3) is 0.321. The lowest BCUT2D eigenvalue weighted by Gasteiger charge is -2.12. The van der Waals surface area contributed by atoms with Crippen molar-refractivity contribution in [3.8, 4) is 16.9 Å². The van der Waals surface area contributed by atoms with Gasteiger partial charge in [0.2, 0.25) is 0 Å². The molecule has 9 nitrogen and oxygen atoms in total. The van der Waals surface area contributed by atoms with Crippen LogP contribution in [0.2, 0.25) is 5.02 Å². The summed E-state index contributed by atoms with van der Waals surface area (Å²) in [4.78, 5) is 24.1. The van der Waals surface area contributed by atoms with E-state index in [9.17, 15) is 14.7 Å². The summed E-state index contributed by atoms with van der Waals surface area (Å²) in [6.07, 6.45) is 0.0411. The first-order valence-electron chi connectivity index (χ1n) is 12.0. The lowest BCUT2D eigenvalue weighted by atomic mass is 9.98. The highest BCUT2D eigenvalue weighted by atomic mass is 35.5. The van der Waals surface area contributed by atoms with Gasteiger partial charge in [-0.1, -0.05) is 29.8 Å². The Hall–Kier alpha value is -3.82. The van der Waals surface area contributed by atoms with Crippen molar-refractivity contribution in [2.24, 2.45) is 14.1 Å². The van der Waals surface area contributed by atoms with Crippen LogP contribution in [0.5, 0.6) is 5.75 Å². The van der Waals surface area contributed by atoms with Crippen LogP contribution in [0, 0.1) is 6.92 Å². The standard InChI is InChI=1S/C28H30ClN3O6/c1-16-24(22(30-32(16)3)15-38-14-17-6-8-18(36-4)9-7-17)25-21(29)12-10-19-20(11-13-23(33)34)27(28(35)37-5)31(2)26(19)25/h6-10,12H,11,13-15H2,1-5H3,(H,33,34). The third kappa shape index (κ3) is 5.12. The Kier molecular flexibility index (Phi) is 8.08. The Morgan fingerprint density at radius 1 is 1.03 bits per heavy atom. The Balaban J connectivity index is 1.80. The van der Waals surface area contributed by atoms with Gasteiger partial charge in [-0.25, -0.2) is 4.79 Å². The van der Waals surface area contributed by atoms with Gasteiger partial charge in [-0.05, 0) is 42.7 Å². The van der Waals surface area contributed by atoms with Gasteiger partial charge in [0.25, 0.3) is 0 Å². The zero-order chi connectivity index (χ0) is 27.6. The molecule has 0 unspecified atom stereocenters. The molecule has 0 aliphatic heterocycles. The highest BCUT2D eigenvalue weighted by molar-refractivity contribution is 6.35. The van der Waals surface area contributed by atoms with Crippen LogP contribution in [0.15, 0.2) is 36.4 Å². The molecule has 2 aromatic carbocycles. The maximum Gasteiger partial charge on any atom is 0.354 e. The number of aromatic nitrogens is 3. The third-order valence-corrected chi connectivity index (χ3v) is 7.01. The van der Waals surface area contributed by atoms with E-state index in [4.69, 9.17) is 30.9 Å². The number of halogens is 1. The fourth-order valence-corrected chi connectivity index (χ4v) is 5.02. The number of esters is 1. The topological polar surface area (TPSA) is 105 Å². The number of aryl methyl sites for hydroxylation is 3. The number of methoxy groups -OCH3 is 2. The van der Waals surface area contributed by atoms with Gasteiger partial charge in [0.05, 0.1) is 43.7 Å². The molecule has 10 heteroatoms. The number of ether oxygens (including phenoxy) is 3. The van der Waals surface area contributed by atoms with Gasteiger partial charge in [-0.3, -0.25) is 9.48 Å². The molecule has 2 heterocycles. The Morgan fingerprint density at radius 2 is 1.74 bits per heavy atom. The summed E-state index contributed by atoms with van der Waals surface area (Å²) >= 11 is 6.81. The molecule has 0 aliphatic rings. The second kappa shape index (κ2) is 11.3. The van der Waals surface area contributed by atoms with E-state index < -0.39 is 11.9 Å². The number of aliphatic carboxylic acids is 1. The largest absolute Gasteiger partial charge is 0.497 e. The molecule has 0 aliphatic carbocycles. The molecule has 200 valence electrons. The van der Waals surface area contributed by atoms with Gasteiger partial charge < -0.3 is 23.9 Å². The van der Waals surface area contributed by atoms with Gasteiger partial charge in [0.15, 0.2) is 0 Å². The summed E-state index contributed by atoms with van der Waals surface area (Å²) in [5, 5.41) is 15.2. The maximum atomic E-state index is 12.8. The van der Waals surface area contributed by atoms with Crippen molar-refractivity contribution < 1.29 is 28.9 Å². The zero-order valence-corrected chi connectivity index (χ0v) is 22.8. The van der Waals surface area contributed by atoms with E-state index in [0.717, 1.165) is 28.0 Å². The first-order valence-corrected chi connectivity index (χ1v) is 12.4. The fourth-order valence-electron chi connectivity index (χ4n) is 4.77. The van der Waals surface area contributed by atoms with Crippen molar-refractivity contribution >= 4 is 34.4 Å². The van der Waals surface area contributed by atoms with Crippen molar-refractivity contribution in [3.05, 3.63) is 69.6 Å². The quantitative estimate of drug-likeness (QED) is 0.280. The molecule has 1 N–H and O–H groups in total. The first-order chi connectivity index (χ1) is 18.2. The van der Waals surface area contributed by atoms with Crippen LogP contribution in [-0.2, 0) is 48.0 Å². The van der Waals surface area contributed by atoms with Crippen molar-refractivity contribution in [1.82, 2.24) is 14.3 Å². The summed E-state index contributed by atoms with van der Waals surface area (Å²) in [7, 11) is 6.53. The Labute approximate surface area is 225 Å². The predicted octanol–water partition coefficient (Wildman–Crippen LogP) is 5.07. The molecule has 0 fully saturated rings. The summed E-state index contributed by atoms with van der Waals surface area (Å²) in [6, 6.07) is 11.2. The molecule has 0 amide bonds. The second-order valence-corrected chi connectivity index (χ2v) is 9.37. The molecule has 0 spiro atoms. The lowest BCUT2D eigenvalue weighted by Crippen LogP contribution is -2.11. The van der Waals surface area contributed by atoms with Gasteiger partial charge in [-0.15, -0.1) is 0 Å². The number of hydrogen-bond donors (Lipinski definition) is 1. The van der Waals surface area contributed by atoms with Crippen molar-refractivity contribution in [2.75, 3.05) is 14.2 Å². The van der Waals surface area contributed by atoms with E-state index in [2.05, 4.69) is 0 Å². The highest BCUT2D eigenvalue weighted by Crippen LogP contribution is 2.42. The SMILES string of the molecule is COC(=O)c1c(CCC(=O)O)c2ccc(Cl)c(-c3c(COCc4ccc(OC)cc4)nn(C)c3C)c2n1C. The number of hydrogen-bond acceptors (Lipinski definition) is 6. The van der Waals surface area contributed by atoms with E-state index >= 15 is 0 Å². The van der Waals surface area contributed by atoms with Gasteiger partial charge >= 0.3 is 11.9 Å². The predicted molar refractivity (Wildman–Crippen MR) is 144 cm³/mol. The van der Waals surface area contributed by atoms with Crippen LogP contribution >= 0.6 is 11.6 Å². The molecule has 0 saturated heterocycles. The number of rotatable bonds is 10. The number of carboxylic acid groups (broad SMARTS) is 1. The zero-order valence-electron chi connectivity index (χ0n) is 22.0. The van der Waals surface area contributed by atoms with Crippen molar-refractivity contribution in [2.45, 2.75) is 33.0 Å². The molecular formula is C28H30ClN3O6. The average molecular weight is 540 g/mol. The molecule has 38 heavy (non-hydrogen) atoms. The summed E-state index contributed by atoms with van der Waals surface area (Å²) < 4.78 is 19.8. The number of benzene rings is 2. The number of fused-ring (bicyclic) bond motifs is 1. The highest BCUT2D eigenvalue weighted by Gasteiger charge is 2.28. The molecule has 4 aromatic rings. The van der Waals surface area contributed by atoms with Crippen LogP contribution in [0.4, 0.5) is 0 Å². The minimum Gasteiger partial charge on any atom is -0.497 e.